The number of carboxylic acid groups (broad SMARTS) is 1. The van der Waals surface area contributed by atoms with Gasteiger partial charge in [-0.05, 0) is 110 Å². The standard InChI is InChI=1S/C39H47F3N8O7/c1-9-22-17-23(29-20-30(47-48(29)8)45-33(51)44-26-12-10-11-25(19-26)39(40,41)42)18-24-21-43-32(46-31(22)24)49(34(52)53)27-13-15-28(16-14-27)50(35(54)56-37(2,3)4)36(55)57-38(5,6)7/h10-12,17-21,27-28H,9,13-16H2,1-8H3,(H,52,53)(H2,44,45,47,51). The van der Waals surface area contributed by atoms with Crippen molar-refractivity contribution in [2.75, 3.05) is 15.5 Å². The lowest BCUT2D eigenvalue weighted by Crippen LogP contribution is -2.52. The number of hydrogen-bond acceptors (Lipinski definition) is 9. The zero-order valence-electron chi connectivity index (χ0n) is 33.0. The van der Waals surface area contributed by atoms with Crippen LogP contribution >= 0.6 is 0 Å². The van der Waals surface area contributed by atoms with Crippen LogP contribution in [0.25, 0.3) is 22.2 Å². The number of urea groups is 1. The van der Waals surface area contributed by atoms with Crippen LogP contribution in [-0.2, 0) is 29.1 Å². The van der Waals surface area contributed by atoms with Gasteiger partial charge in [0.1, 0.15) is 11.2 Å². The van der Waals surface area contributed by atoms with Gasteiger partial charge in [-0.15, -0.1) is 0 Å². The minimum absolute atomic E-state index is 0.0177. The summed E-state index contributed by atoms with van der Waals surface area (Å²) in [6.45, 7) is 12.1. The molecule has 1 aliphatic rings. The van der Waals surface area contributed by atoms with Crippen molar-refractivity contribution < 1.29 is 46.9 Å². The molecule has 3 N–H and O–H groups in total. The quantitative estimate of drug-likeness (QED) is 0.163. The van der Waals surface area contributed by atoms with E-state index in [0.717, 1.165) is 27.5 Å². The van der Waals surface area contributed by atoms with Gasteiger partial charge in [0, 0.05) is 48.0 Å². The number of aryl methyl sites for hydroxylation is 2. The molecule has 0 bridgehead atoms. The van der Waals surface area contributed by atoms with Gasteiger partial charge in [0.2, 0.25) is 5.95 Å². The fourth-order valence-corrected chi connectivity index (χ4v) is 6.57. The first-order valence-corrected chi connectivity index (χ1v) is 18.4. The Bertz CT molecular complexity index is 2120. The zero-order chi connectivity index (χ0) is 42.0. The van der Waals surface area contributed by atoms with Crippen molar-refractivity contribution in [1.29, 1.82) is 0 Å². The van der Waals surface area contributed by atoms with E-state index in [1.54, 1.807) is 60.7 Å². The molecule has 0 spiro atoms. The smallest absolute Gasteiger partial charge is 0.420 e. The van der Waals surface area contributed by atoms with Gasteiger partial charge in [-0.2, -0.15) is 18.3 Å². The van der Waals surface area contributed by atoms with E-state index >= 15 is 0 Å². The molecule has 5 rings (SSSR count). The van der Waals surface area contributed by atoms with Gasteiger partial charge >= 0.3 is 30.5 Å². The fourth-order valence-electron chi connectivity index (χ4n) is 6.57. The molecule has 2 aromatic carbocycles. The molecule has 1 fully saturated rings. The van der Waals surface area contributed by atoms with E-state index in [0.29, 0.717) is 54.3 Å². The number of ether oxygens (including phenoxy) is 2. The summed E-state index contributed by atoms with van der Waals surface area (Å²) in [5.41, 5.74) is -0.0588. The van der Waals surface area contributed by atoms with Crippen LogP contribution in [-0.4, -0.2) is 77.4 Å². The van der Waals surface area contributed by atoms with Crippen molar-refractivity contribution >= 4 is 52.7 Å². The molecule has 5 amide bonds. The molecule has 2 heterocycles. The van der Waals surface area contributed by atoms with Crippen LogP contribution in [0.4, 0.5) is 49.8 Å². The number of fused-ring (bicyclic) bond motifs is 1. The maximum absolute atomic E-state index is 13.2. The first-order chi connectivity index (χ1) is 26.5. The molecule has 0 saturated heterocycles. The molecule has 1 aliphatic carbocycles. The first-order valence-electron chi connectivity index (χ1n) is 18.4. The average Bonchev–Trinajstić information content (AvgIpc) is 3.45. The van der Waals surface area contributed by atoms with E-state index in [2.05, 4.69) is 20.7 Å². The van der Waals surface area contributed by atoms with Gasteiger partial charge in [-0.1, -0.05) is 13.0 Å². The lowest BCUT2D eigenvalue weighted by Gasteiger charge is -2.38. The van der Waals surface area contributed by atoms with Gasteiger partial charge < -0.3 is 19.9 Å². The van der Waals surface area contributed by atoms with Crippen molar-refractivity contribution in [3.8, 4) is 11.3 Å². The van der Waals surface area contributed by atoms with E-state index in [4.69, 9.17) is 14.5 Å². The topological polar surface area (TPSA) is 181 Å². The summed E-state index contributed by atoms with van der Waals surface area (Å²) in [4.78, 5) is 63.1. The molecular weight excluding hydrogens is 749 g/mol. The molecule has 306 valence electrons. The van der Waals surface area contributed by atoms with Crippen LogP contribution in [0, 0.1) is 0 Å². The fraction of sp³-hybridized carbons (Fsp3) is 0.462. The number of carbonyl (C=O) groups is 4. The number of rotatable bonds is 7. The maximum atomic E-state index is 13.2. The van der Waals surface area contributed by atoms with Gasteiger partial charge in [0.25, 0.3) is 0 Å². The van der Waals surface area contributed by atoms with E-state index in [-0.39, 0.29) is 17.5 Å². The second-order valence-corrected chi connectivity index (χ2v) is 15.7. The SMILES string of the molecule is CCc1cc(-c2cc(NC(=O)Nc3cccc(C(F)(F)F)c3)nn2C)cc2cnc(N(C(=O)O)C3CCC(N(C(=O)OC(C)(C)C)C(=O)OC(C)(C)C)CC3)nc12. The Balaban J connectivity index is 1.34. The number of aromatic nitrogens is 4. The highest BCUT2D eigenvalue weighted by atomic mass is 19.4. The lowest BCUT2D eigenvalue weighted by atomic mass is 9.89. The van der Waals surface area contributed by atoms with E-state index in [1.165, 1.54) is 23.0 Å². The summed E-state index contributed by atoms with van der Waals surface area (Å²) in [5.74, 6) is 0.129. The molecule has 18 heteroatoms. The summed E-state index contributed by atoms with van der Waals surface area (Å²) >= 11 is 0. The third kappa shape index (κ3) is 10.5. The van der Waals surface area contributed by atoms with Crippen molar-refractivity contribution in [3.63, 3.8) is 0 Å². The number of halogens is 3. The molecule has 0 unspecified atom stereocenters. The molecule has 0 aliphatic heterocycles. The Hall–Kier alpha value is -5.94. The van der Waals surface area contributed by atoms with Gasteiger partial charge in [-0.25, -0.2) is 38.9 Å². The second kappa shape index (κ2) is 16.3. The van der Waals surface area contributed by atoms with Crippen molar-refractivity contribution in [2.24, 2.45) is 7.05 Å². The number of nitrogens with one attached hydrogen (secondary N) is 2. The van der Waals surface area contributed by atoms with Crippen molar-refractivity contribution in [3.05, 3.63) is 59.8 Å². The van der Waals surface area contributed by atoms with Crippen LogP contribution in [0.15, 0.2) is 48.7 Å². The maximum Gasteiger partial charge on any atom is 0.420 e. The van der Waals surface area contributed by atoms with Crippen LogP contribution in [0.2, 0.25) is 0 Å². The van der Waals surface area contributed by atoms with Crippen LogP contribution < -0.4 is 15.5 Å². The Kier molecular flexibility index (Phi) is 12.0. The minimum atomic E-state index is -4.57. The molecule has 15 nitrogen and oxygen atoms in total. The largest absolute Gasteiger partial charge is 0.465 e. The van der Waals surface area contributed by atoms with Crippen LogP contribution in [0.5, 0.6) is 0 Å². The number of carbonyl (C=O) groups excluding carboxylic acids is 3. The molecule has 57 heavy (non-hydrogen) atoms. The zero-order valence-corrected chi connectivity index (χ0v) is 33.0. The molecule has 4 aromatic rings. The Morgan fingerprint density at radius 3 is 2.07 bits per heavy atom. The van der Waals surface area contributed by atoms with Crippen LogP contribution in [0.3, 0.4) is 0 Å². The molecule has 0 atom stereocenters. The second-order valence-electron chi connectivity index (χ2n) is 15.7. The third-order valence-corrected chi connectivity index (χ3v) is 8.99. The molecular formula is C39H47F3N8O7. The lowest BCUT2D eigenvalue weighted by molar-refractivity contribution is -0.137. The number of hydrogen-bond donors (Lipinski definition) is 3. The predicted molar refractivity (Wildman–Crippen MR) is 206 cm³/mol. The number of nitrogens with zero attached hydrogens (tertiary/aromatic N) is 6. The van der Waals surface area contributed by atoms with Crippen molar-refractivity contribution in [2.45, 2.75) is 110 Å². The summed E-state index contributed by atoms with van der Waals surface area (Å²) < 4.78 is 52.0. The molecule has 2 aromatic heterocycles. The summed E-state index contributed by atoms with van der Waals surface area (Å²) in [6.07, 6.45) is -4.25. The Morgan fingerprint density at radius 1 is 0.895 bits per heavy atom. The molecule has 0 radical (unpaired) electrons. The number of imide groups is 1. The van der Waals surface area contributed by atoms with Gasteiger partial charge in [0.15, 0.2) is 5.82 Å². The van der Waals surface area contributed by atoms with Gasteiger partial charge in [0.05, 0.1) is 16.8 Å². The Morgan fingerprint density at radius 2 is 1.51 bits per heavy atom. The average molecular weight is 797 g/mol. The minimum Gasteiger partial charge on any atom is -0.465 e. The highest BCUT2D eigenvalue weighted by Gasteiger charge is 2.41. The van der Waals surface area contributed by atoms with E-state index in [1.807, 2.05) is 13.0 Å². The highest BCUT2D eigenvalue weighted by Crippen LogP contribution is 2.34. The van der Waals surface area contributed by atoms with Crippen molar-refractivity contribution in [1.82, 2.24) is 24.6 Å². The summed E-state index contributed by atoms with van der Waals surface area (Å²) in [6, 6.07) is 7.63. The van der Waals surface area contributed by atoms with E-state index < -0.39 is 59.3 Å². The number of amides is 5. The Labute approximate surface area is 327 Å². The van der Waals surface area contributed by atoms with Gasteiger partial charge in [-0.3, -0.25) is 10.00 Å². The number of benzene rings is 2. The monoisotopic (exact) mass is 796 g/mol. The summed E-state index contributed by atoms with van der Waals surface area (Å²) in [7, 11) is 1.67. The van der Waals surface area contributed by atoms with E-state index in [9.17, 15) is 37.5 Å². The first kappa shape index (κ1) is 42.2. The predicted octanol–water partition coefficient (Wildman–Crippen LogP) is 9.22. The van der Waals surface area contributed by atoms with Crippen LogP contribution in [0.1, 0.15) is 85.3 Å². The number of anilines is 3. The third-order valence-electron chi connectivity index (χ3n) is 8.99. The normalized spacial score (nSPS) is 16.1. The highest BCUT2D eigenvalue weighted by molar-refractivity contribution is 5.99. The number of alkyl halides is 3. The summed E-state index contributed by atoms with van der Waals surface area (Å²) in [5, 5.41) is 20.3. The molecule has 1 saturated carbocycles.